The van der Waals surface area contributed by atoms with Gasteiger partial charge in [0.25, 0.3) is 0 Å². The number of carboxylic acid groups (broad SMARTS) is 1. The Balaban J connectivity index is 1.86. The summed E-state index contributed by atoms with van der Waals surface area (Å²) in [5, 5.41) is 12.2. The number of likely N-dealkylation sites (tertiary alicyclic amines) is 1. The Morgan fingerprint density at radius 1 is 1.15 bits per heavy atom. The first kappa shape index (κ1) is 15.1. The maximum atomic E-state index is 12.2. The van der Waals surface area contributed by atoms with Crippen molar-refractivity contribution in [1.82, 2.24) is 10.2 Å². The van der Waals surface area contributed by atoms with Gasteiger partial charge in [-0.3, -0.25) is 0 Å². The molecule has 0 spiro atoms. The first-order chi connectivity index (χ1) is 9.50. The fourth-order valence-corrected chi connectivity index (χ4v) is 3.57. The van der Waals surface area contributed by atoms with E-state index < -0.39 is 12.0 Å². The summed E-state index contributed by atoms with van der Waals surface area (Å²) < 4.78 is 0. The maximum absolute atomic E-state index is 12.2. The predicted octanol–water partition coefficient (Wildman–Crippen LogP) is 2.32. The van der Waals surface area contributed by atoms with E-state index in [2.05, 4.69) is 12.2 Å². The van der Waals surface area contributed by atoms with Crippen LogP contribution in [-0.2, 0) is 4.79 Å². The highest BCUT2D eigenvalue weighted by Crippen LogP contribution is 2.29. The number of urea groups is 1. The minimum Gasteiger partial charge on any atom is -0.480 e. The largest absolute Gasteiger partial charge is 0.480 e. The van der Waals surface area contributed by atoms with Gasteiger partial charge in [0.1, 0.15) is 6.04 Å². The minimum absolute atomic E-state index is 0.0341. The Labute approximate surface area is 120 Å². The van der Waals surface area contributed by atoms with Gasteiger partial charge in [-0.25, -0.2) is 9.59 Å². The number of rotatable bonds is 3. The molecule has 1 aliphatic carbocycles. The number of hydrogen-bond donors (Lipinski definition) is 2. The number of carbonyl (C=O) groups is 2. The van der Waals surface area contributed by atoms with Crippen molar-refractivity contribution in [3.8, 4) is 0 Å². The van der Waals surface area contributed by atoms with E-state index in [-0.39, 0.29) is 11.9 Å². The van der Waals surface area contributed by atoms with Crippen molar-refractivity contribution in [2.24, 2.45) is 17.8 Å². The summed E-state index contributed by atoms with van der Waals surface area (Å²) in [6, 6.07) is -0.877. The lowest BCUT2D eigenvalue weighted by atomic mass is 9.80. The summed E-state index contributed by atoms with van der Waals surface area (Å²) in [4.78, 5) is 25.0. The molecule has 1 saturated heterocycles. The van der Waals surface area contributed by atoms with E-state index in [1.54, 1.807) is 0 Å². The molecule has 5 nitrogen and oxygen atoms in total. The molecule has 0 bridgehead atoms. The first-order valence-electron chi connectivity index (χ1n) is 7.78. The zero-order valence-corrected chi connectivity index (χ0v) is 12.5. The van der Waals surface area contributed by atoms with Gasteiger partial charge in [-0.2, -0.15) is 0 Å². The quantitative estimate of drug-likeness (QED) is 0.834. The second-order valence-electron chi connectivity index (χ2n) is 6.45. The van der Waals surface area contributed by atoms with E-state index in [1.807, 2.05) is 6.92 Å². The average Bonchev–Trinajstić information content (AvgIpc) is 2.79. The number of aliphatic carboxylic acids is 1. The van der Waals surface area contributed by atoms with Crippen molar-refractivity contribution < 1.29 is 14.7 Å². The summed E-state index contributed by atoms with van der Waals surface area (Å²) in [6.45, 7) is 5.37. The smallest absolute Gasteiger partial charge is 0.326 e. The van der Waals surface area contributed by atoms with E-state index in [9.17, 15) is 14.7 Å². The summed E-state index contributed by atoms with van der Waals surface area (Å²) >= 11 is 0. The highest BCUT2D eigenvalue weighted by Gasteiger charge is 2.39. The van der Waals surface area contributed by atoms with E-state index >= 15 is 0 Å². The molecule has 0 aromatic rings. The second kappa shape index (κ2) is 6.46. The van der Waals surface area contributed by atoms with Crippen LogP contribution in [0.4, 0.5) is 4.79 Å². The number of carboxylic acids is 1. The lowest BCUT2D eigenvalue weighted by Gasteiger charge is -2.30. The average molecular weight is 282 g/mol. The number of nitrogens with zero attached hydrogens (tertiary/aromatic N) is 1. The van der Waals surface area contributed by atoms with Gasteiger partial charge < -0.3 is 15.3 Å². The third-order valence-electron chi connectivity index (χ3n) is 5.02. The van der Waals surface area contributed by atoms with Crippen LogP contribution in [-0.4, -0.2) is 41.1 Å². The van der Waals surface area contributed by atoms with E-state index in [0.29, 0.717) is 24.9 Å². The monoisotopic (exact) mass is 282 g/mol. The Hall–Kier alpha value is -1.26. The molecule has 4 unspecified atom stereocenters. The fourth-order valence-electron chi connectivity index (χ4n) is 3.57. The van der Waals surface area contributed by atoms with Crippen molar-refractivity contribution in [1.29, 1.82) is 0 Å². The number of nitrogens with one attached hydrogen (secondary N) is 1. The van der Waals surface area contributed by atoms with E-state index in [4.69, 9.17) is 0 Å². The molecule has 2 aliphatic rings. The number of amides is 2. The van der Waals surface area contributed by atoms with Crippen molar-refractivity contribution >= 4 is 12.0 Å². The molecule has 1 heterocycles. The summed E-state index contributed by atoms with van der Waals surface area (Å²) in [7, 11) is 0. The van der Waals surface area contributed by atoms with Crippen LogP contribution in [0.15, 0.2) is 0 Å². The van der Waals surface area contributed by atoms with Gasteiger partial charge in [-0.05, 0) is 30.6 Å². The first-order valence-corrected chi connectivity index (χ1v) is 7.78. The van der Waals surface area contributed by atoms with Gasteiger partial charge in [0, 0.05) is 13.1 Å². The molecule has 0 aromatic carbocycles. The Kier molecular flexibility index (Phi) is 4.89. The molecule has 4 atom stereocenters. The number of carbonyl (C=O) groups excluding carboxylic acids is 1. The molecular weight excluding hydrogens is 256 g/mol. The van der Waals surface area contributed by atoms with Gasteiger partial charge in [0.15, 0.2) is 0 Å². The fraction of sp³-hybridized carbons (Fsp3) is 0.867. The lowest BCUT2D eigenvalue weighted by Crippen LogP contribution is -2.48. The van der Waals surface area contributed by atoms with Crippen molar-refractivity contribution in [3.05, 3.63) is 0 Å². The molecule has 2 fully saturated rings. The van der Waals surface area contributed by atoms with Gasteiger partial charge in [-0.1, -0.05) is 33.1 Å². The van der Waals surface area contributed by atoms with Crippen LogP contribution in [0.2, 0.25) is 0 Å². The van der Waals surface area contributed by atoms with Crippen LogP contribution in [0.3, 0.4) is 0 Å². The lowest BCUT2D eigenvalue weighted by molar-refractivity contribution is -0.142. The molecule has 1 aliphatic heterocycles. The standard InChI is InChI=1S/C15H26N2O3/c1-10-5-3-4-6-12(10)9-16-15(20)17-8-7-11(2)13(17)14(18)19/h10-13H,3-9H2,1-2H3,(H,16,20)(H,18,19). The molecule has 2 rings (SSSR count). The molecule has 1 saturated carbocycles. The van der Waals surface area contributed by atoms with E-state index in [1.165, 1.54) is 30.6 Å². The molecule has 0 radical (unpaired) electrons. The third-order valence-corrected chi connectivity index (χ3v) is 5.02. The molecule has 0 aromatic heterocycles. The van der Waals surface area contributed by atoms with Crippen molar-refractivity contribution in [3.63, 3.8) is 0 Å². The van der Waals surface area contributed by atoms with Crippen LogP contribution in [0, 0.1) is 17.8 Å². The van der Waals surface area contributed by atoms with Crippen LogP contribution < -0.4 is 5.32 Å². The molecule has 114 valence electrons. The summed E-state index contributed by atoms with van der Waals surface area (Å²) in [5.74, 6) is 0.330. The maximum Gasteiger partial charge on any atom is 0.326 e. The highest BCUT2D eigenvalue weighted by molar-refractivity contribution is 5.83. The molecule has 2 N–H and O–H groups in total. The number of hydrogen-bond acceptors (Lipinski definition) is 2. The van der Waals surface area contributed by atoms with Crippen LogP contribution in [0.25, 0.3) is 0 Å². The van der Waals surface area contributed by atoms with Gasteiger partial charge in [-0.15, -0.1) is 0 Å². The van der Waals surface area contributed by atoms with Crippen LogP contribution in [0.5, 0.6) is 0 Å². The SMILES string of the molecule is CC1CCCCC1CNC(=O)N1CCC(C)C1C(=O)O. The molecule has 2 amide bonds. The Morgan fingerprint density at radius 3 is 2.50 bits per heavy atom. The zero-order valence-electron chi connectivity index (χ0n) is 12.5. The van der Waals surface area contributed by atoms with Crippen LogP contribution >= 0.6 is 0 Å². The zero-order chi connectivity index (χ0) is 14.7. The topological polar surface area (TPSA) is 69.6 Å². The highest BCUT2D eigenvalue weighted by atomic mass is 16.4. The Morgan fingerprint density at radius 2 is 1.85 bits per heavy atom. The van der Waals surface area contributed by atoms with Crippen molar-refractivity contribution in [2.45, 2.75) is 52.0 Å². The van der Waals surface area contributed by atoms with Crippen molar-refractivity contribution in [2.75, 3.05) is 13.1 Å². The minimum atomic E-state index is -0.892. The molecule has 20 heavy (non-hydrogen) atoms. The molecular formula is C15H26N2O3. The van der Waals surface area contributed by atoms with E-state index in [0.717, 1.165) is 6.42 Å². The van der Waals surface area contributed by atoms with Gasteiger partial charge in [0.05, 0.1) is 0 Å². The summed E-state index contributed by atoms with van der Waals surface area (Å²) in [5.41, 5.74) is 0. The van der Waals surface area contributed by atoms with Gasteiger partial charge in [0.2, 0.25) is 0 Å². The van der Waals surface area contributed by atoms with Crippen LogP contribution in [0.1, 0.15) is 46.0 Å². The van der Waals surface area contributed by atoms with Gasteiger partial charge >= 0.3 is 12.0 Å². The molecule has 5 heteroatoms. The Bertz CT molecular complexity index is 372. The summed E-state index contributed by atoms with van der Waals surface area (Å²) in [6.07, 6.45) is 5.70. The third kappa shape index (κ3) is 3.25. The second-order valence-corrected chi connectivity index (χ2v) is 6.45. The predicted molar refractivity (Wildman–Crippen MR) is 76.4 cm³/mol. The normalized spacial score (nSPS) is 34.0.